The number of rotatable bonds is 4. The number of nitrogens with zero attached hydrogens (tertiary/aromatic N) is 1. The van der Waals surface area contributed by atoms with E-state index in [9.17, 15) is 0 Å². The van der Waals surface area contributed by atoms with Crippen LogP contribution >= 0.6 is 0 Å². The molecule has 1 N–H and O–H groups in total. The zero-order valence-electron chi connectivity index (χ0n) is 12.4. The average Bonchev–Trinajstić information content (AvgIpc) is 2.40. The summed E-state index contributed by atoms with van der Waals surface area (Å²) < 4.78 is 0. The molecule has 0 aliphatic carbocycles. The van der Waals surface area contributed by atoms with Crippen LogP contribution in [0.4, 0.5) is 0 Å². The predicted octanol–water partition coefficient (Wildman–Crippen LogP) is 3.08. The van der Waals surface area contributed by atoms with Crippen LogP contribution in [0.2, 0.25) is 0 Å². The zero-order chi connectivity index (χ0) is 13.5. The molecule has 0 aromatic heterocycles. The molecule has 0 saturated carbocycles. The lowest BCUT2D eigenvalue weighted by Crippen LogP contribution is -2.43. The van der Waals surface area contributed by atoms with Crippen LogP contribution in [0.15, 0.2) is 30.3 Å². The van der Waals surface area contributed by atoms with Gasteiger partial charge in [0.2, 0.25) is 0 Å². The van der Waals surface area contributed by atoms with Crippen molar-refractivity contribution in [3.05, 3.63) is 35.9 Å². The summed E-state index contributed by atoms with van der Waals surface area (Å²) in [6.07, 6.45) is 4.98. The maximum absolute atomic E-state index is 3.65. The Hall–Kier alpha value is -0.860. The molecular formula is C17H28N2. The van der Waals surface area contributed by atoms with E-state index in [1.807, 2.05) is 0 Å². The molecule has 2 rings (SSSR count). The highest BCUT2D eigenvalue weighted by Crippen LogP contribution is 2.12. The molecule has 1 fully saturated rings. The van der Waals surface area contributed by atoms with Crippen LogP contribution in [0.25, 0.3) is 0 Å². The van der Waals surface area contributed by atoms with Gasteiger partial charge >= 0.3 is 0 Å². The lowest BCUT2D eigenvalue weighted by atomic mass is 10.0. The molecule has 106 valence electrons. The minimum atomic E-state index is 0.651. The van der Waals surface area contributed by atoms with E-state index in [4.69, 9.17) is 0 Å². The Morgan fingerprint density at radius 3 is 2.79 bits per heavy atom. The largest absolute Gasteiger partial charge is 0.314 e. The minimum Gasteiger partial charge on any atom is -0.314 e. The van der Waals surface area contributed by atoms with Crippen molar-refractivity contribution in [1.82, 2.24) is 10.2 Å². The smallest absolute Gasteiger partial charge is 0.0107 e. The topological polar surface area (TPSA) is 15.3 Å². The standard InChI is InChI=1S/C17H28N2/c1-3-17-10-13-19(12-7-11-18-17)15(2)14-16-8-5-4-6-9-16/h4-6,8-9,15,17-18H,3,7,10-14H2,1-2H3. The van der Waals surface area contributed by atoms with E-state index < -0.39 is 0 Å². The Balaban J connectivity index is 1.88. The van der Waals surface area contributed by atoms with Gasteiger partial charge in [0.05, 0.1) is 0 Å². The van der Waals surface area contributed by atoms with Crippen LogP contribution in [0.5, 0.6) is 0 Å². The number of benzene rings is 1. The van der Waals surface area contributed by atoms with E-state index >= 15 is 0 Å². The van der Waals surface area contributed by atoms with Gasteiger partial charge in [-0.05, 0) is 57.8 Å². The SMILES string of the molecule is CCC1CCN(C(C)Cc2ccccc2)CCCN1. The van der Waals surface area contributed by atoms with Gasteiger partial charge in [-0.15, -0.1) is 0 Å². The van der Waals surface area contributed by atoms with Crippen molar-refractivity contribution in [2.75, 3.05) is 19.6 Å². The van der Waals surface area contributed by atoms with Crippen LogP contribution in [0.1, 0.15) is 38.7 Å². The maximum atomic E-state index is 3.65. The summed E-state index contributed by atoms with van der Waals surface area (Å²) in [5.41, 5.74) is 1.46. The first-order valence-electron chi connectivity index (χ1n) is 7.81. The molecule has 1 aliphatic rings. The van der Waals surface area contributed by atoms with Crippen LogP contribution in [-0.2, 0) is 6.42 Å². The van der Waals surface area contributed by atoms with Crippen molar-refractivity contribution >= 4 is 0 Å². The maximum Gasteiger partial charge on any atom is 0.0107 e. The van der Waals surface area contributed by atoms with Crippen molar-refractivity contribution in [1.29, 1.82) is 0 Å². The van der Waals surface area contributed by atoms with E-state index in [1.165, 1.54) is 50.9 Å². The lowest BCUT2D eigenvalue weighted by molar-refractivity contribution is 0.179. The molecule has 1 heterocycles. The summed E-state index contributed by atoms with van der Waals surface area (Å²) in [6, 6.07) is 12.2. The fraction of sp³-hybridized carbons (Fsp3) is 0.647. The molecule has 2 atom stereocenters. The molecule has 1 saturated heterocycles. The second kappa shape index (κ2) is 7.66. The van der Waals surface area contributed by atoms with Gasteiger partial charge < -0.3 is 10.2 Å². The summed E-state index contributed by atoms with van der Waals surface area (Å²) in [5, 5.41) is 3.65. The van der Waals surface area contributed by atoms with Gasteiger partial charge in [-0.1, -0.05) is 37.3 Å². The average molecular weight is 260 g/mol. The molecule has 19 heavy (non-hydrogen) atoms. The Morgan fingerprint density at radius 2 is 2.05 bits per heavy atom. The summed E-state index contributed by atoms with van der Waals surface area (Å²) in [6.45, 7) is 8.31. The third kappa shape index (κ3) is 4.63. The van der Waals surface area contributed by atoms with Crippen LogP contribution in [-0.4, -0.2) is 36.6 Å². The normalized spacial score (nSPS) is 23.6. The molecule has 0 bridgehead atoms. The quantitative estimate of drug-likeness (QED) is 0.895. The summed E-state index contributed by atoms with van der Waals surface area (Å²) in [7, 11) is 0. The van der Waals surface area contributed by atoms with Crippen molar-refractivity contribution in [2.24, 2.45) is 0 Å². The molecular weight excluding hydrogens is 232 g/mol. The van der Waals surface area contributed by atoms with E-state index in [2.05, 4.69) is 54.4 Å². The van der Waals surface area contributed by atoms with Crippen LogP contribution in [0.3, 0.4) is 0 Å². The van der Waals surface area contributed by atoms with Crippen LogP contribution < -0.4 is 5.32 Å². The number of hydrogen-bond acceptors (Lipinski definition) is 2. The van der Waals surface area contributed by atoms with Gasteiger partial charge in [0.15, 0.2) is 0 Å². The summed E-state index contributed by atoms with van der Waals surface area (Å²) in [5.74, 6) is 0. The van der Waals surface area contributed by atoms with Gasteiger partial charge in [0.1, 0.15) is 0 Å². The second-order valence-electron chi connectivity index (χ2n) is 5.78. The molecule has 0 spiro atoms. The van der Waals surface area contributed by atoms with Gasteiger partial charge in [-0.3, -0.25) is 0 Å². The fourth-order valence-corrected chi connectivity index (χ4v) is 3.00. The summed E-state index contributed by atoms with van der Waals surface area (Å²) in [4.78, 5) is 2.68. The highest BCUT2D eigenvalue weighted by molar-refractivity contribution is 5.15. The van der Waals surface area contributed by atoms with Gasteiger partial charge in [0.25, 0.3) is 0 Å². The van der Waals surface area contributed by atoms with E-state index in [-0.39, 0.29) is 0 Å². The molecule has 2 nitrogen and oxygen atoms in total. The molecule has 0 radical (unpaired) electrons. The lowest BCUT2D eigenvalue weighted by Gasteiger charge is -2.33. The Kier molecular flexibility index (Phi) is 5.87. The molecule has 2 unspecified atom stereocenters. The first-order valence-corrected chi connectivity index (χ1v) is 7.81. The highest BCUT2D eigenvalue weighted by atomic mass is 15.2. The Labute approximate surface area is 118 Å². The first-order chi connectivity index (χ1) is 9.29. The Bertz CT molecular complexity index is 350. The van der Waals surface area contributed by atoms with Gasteiger partial charge in [0, 0.05) is 12.1 Å². The Morgan fingerprint density at radius 1 is 1.26 bits per heavy atom. The van der Waals surface area contributed by atoms with Crippen molar-refractivity contribution in [3.63, 3.8) is 0 Å². The highest BCUT2D eigenvalue weighted by Gasteiger charge is 2.18. The predicted molar refractivity (Wildman–Crippen MR) is 82.5 cm³/mol. The van der Waals surface area contributed by atoms with Gasteiger partial charge in [-0.25, -0.2) is 0 Å². The third-order valence-corrected chi connectivity index (χ3v) is 4.31. The van der Waals surface area contributed by atoms with E-state index in [0.29, 0.717) is 12.1 Å². The molecule has 1 aliphatic heterocycles. The first kappa shape index (κ1) is 14.5. The minimum absolute atomic E-state index is 0.651. The van der Waals surface area contributed by atoms with E-state index in [0.717, 1.165) is 0 Å². The third-order valence-electron chi connectivity index (χ3n) is 4.31. The monoisotopic (exact) mass is 260 g/mol. The molecule has 0 amide bonds. The number of hydrogen-bond donors (Lipinski definition) is 1. The second-order valence-corrected chi connectivity index (χ2v) is 5.78. The number of nitrogens with one attached hydrogen (secondary N) is 1. The van der Waals surface area contributed by atoms with Crippen LogP contribution in [0, 0.1) is 0 Å². The van der Waals surface area contributed by atoms with Gasteiger partial charge in [-0.2, -0.15) is 0 Å². The van der Waals surface area contributed by atoms with Crippen molar-refractivity contribution in [3.8, 4) is 0 Å². The van der Waals surface area contributed by atoms with Crippen molar-refractivity contribution < 1.29 is 0 Å². The molecule has 2 heteroatoms. The van der Waals surface area contributed by atoms with Crippen molar-refractivity contribution in [2.45, 2.75) is 51.6 Å². The fourth-order valence-electron chi connectivity index (χ4n) is 3.00. The van der Waals surface area contributed by atoms with E-state index in [1.54, 1.807) is 0 Å². The molecule has 1 aromatic carbocycles. The summed E-state index contributed by atoms with van der Waals surface area (Å²) >= 11 is 0. The zero-order valence-corrected chi connectivity index (χ0v) is 12.4. The molecule has 1 aromatic rings.